The Labute approximate surface area is 147 Å². The zero-order valence-electron chi connectivity index (χ0n) is 14.2. The van der Waals surface area contributed by atoms with Crippen LogP contribution in [0.15, 0.2) is 53.6 Å². The predicted octanol–water partition coefficient (Wildman–Crippen LogP) is 3.93. The molecule has 3 rings (SSSR count). The first-order chi connectivity index (χ1) is 12.3. The number of hydrogen-bond acceptors (Lipinski definition) is 4. The normalized spacial score (nSPS) is 14.7. The van der Waals surface area contributed by atoms with Gasteiger partial charge in [-0.05, 0) is 35.2 Å². The molecule has 0 bridgehead atoms. The van der Waals surface area contributed by atoms with Gasteiger partial charge in [0.25, 0.3) is 0 Å². The third kappa shape index (κ3) is 5.22. The van der Waals surface area contributed by atoms with Crippen molar-refractivity contribution in [3.05, 3.63) is 70.1 Å². The summed E-state index contributed by atoms with van der Waals surface area (Å²) in [6.07, 6.45) is 0.794. The van der Waals surface area contributed by atoms with Crippen molar-refractivity contribution in [2.45, 2.75) is 6.42 Å². The molecule has 0 amide bonds. The van der Waals surface area contributed by atoms with E-state index in [0.717, 1.165) is 44.8 Å². The molecule has 1 fully saturated rings. The molecule has 1 heterocycles. The monoisotopic (exact) mass is 338 g/mol. The Morgan fingerprint density at radius 3 is 2.64 bits per heavy atom. The van der Waals surface area contributed by atoms with Gasteiger partial charge in [0.1, 0.15) is 12.4 Å². The highest BCUT2D eigenvalue weighted by molar-refractivity contribution is 5.54. The lowest BCUT2D eigenvalue weighted by atomic mass is 10.0. The molecule has 6 nitrogen and oxygen atoms in total. The van der Waals surface area contributed by atoms with Crippen molar-refractivity contribution in [1.82, 2.24) is 4.90 Å². The fourth-order valence-electron chi connectivity index (χ4n) is 2.86. The lowest BCUT2D eigenvalue weighted by Gasteiger charge is -2.26. The summed E-state index contributed by atoms with van der Waals surface area (Å²) in [4.78, 5) is 5.24. The molecule has 2 aromatic rings. The van der Waals surface area contributed by atoms with Crippen LogP contribution in [0.4, 0.5) is 5.69 Å². The predicted molar refractivity (Wildman–Crippen MR) is 97.3 cm³/mol. The minimum absolute atomic E-state index is 0.540. The van der Waals surface area contributed by atoms with Crippen LogP contribution in [0.25, 0.3) is 10.4 Å². The summed E-state index contributed by atoms with van der Waals surface area (Å²) >= 11 is 0. The average molecular weight is 338 g/mol. The summed E-state index contributed by atoms with van der Waals surface area (Å²) in [6.45, 7) is 4.82. The van der Waals surface area contributed by atoms with Gasteiger partial charge in [-0.1, -0.05) is 41.5 Å². The number of morpholine rings is 1. The van der Waals surface area contributed by atoms with E-state index in [1.54, 1.807) is 0 Å². The summed E-state index contributed by atoms with van der Waals surface area (Å²) in [5, 5.41) is 3.80. The highest BCUT2D eigenvalue weighted by atomic mass is 16.5. The van der Waals surface area contributed by atoms with E-state index in [1.807, 2.05) is 36.4 Å². The van der Waals surface area contributed by atoms with Crippen LogP contribution in [0, 0.1) is 0 Å². The van der Waals surface area contributed by atoms with Crippen LogP contribution < -0.4 is 4.74 Å². The van der Waals surface area contributed by atoms with Crippen LogP contribution in [-0.4, -0.2) is 44.4 Å². The maximum Gasteiger partial charge on any atom is 0.128 e. The van der Waals surface area contributed by atoms with E-state index < -0.39 is 0 Å². The van der Waals surface area contributed by atoms with E-state index in [9.17, 15) is 0 Å². The standard InChI is InChI=1S/C19H22N4O2/c20-22-21-18-15-17(14-16-4-2-1-3-5-16)6-7-19(18)25-13-10-23-8-11-24-12-9-23/h1-7,15H,8-14H2. The van der Waals surface area contributed by atoms with E-state index in [2.05, 4.69) is 27.1 Å². The first-order valence-electron chi connectivity index (χ1n) is 8.50. The second-order valence-corrected chi connectivity index (χ2v) is 5.96. The minimum Gasteiger partial charge on any atom is -0.492 e. The smallest absolute Gasteiger partial charge is 0.128 e. The molecule has 0 atom stereocenters. The molecule has 0 unspecified atom stereocenters. The fourth-order valence-corrected chi connectivity index (χ4v) is 2.86. The first-order valence-corrected chi connectivity index (χ1v) is 8.50. The quantitative estimate of drug-likeness (QED) is 0.436. The summed E-state index contributed by atoms with van der Waals surface area (Å²) in [5.41, 5.74) is 11.7. The Bertz CT molecular complexity index is 723. The number of hydrogen-bond donors (Lipinski definition) is 0. The highest BCUT2D eigenvalue weighted by Gasteiger charge is 2.11. The first kappa shape index (κ1) is 17.3. The van der Waals surface area contributed by atoms with Crippen molar-refractivity contribution in [2.75, 3.05) is 39.5 Å². The Morgan fingerprint density at radius 2 is 1.88 bits per heavy atom. The molecule has 6 heteroatoms. The molecule has 1 aliphatic heterocycles. The van der Waals surface area contributed by atoms with Gasteiger partial charge in [-0.25, -0.2) is 0 Å². The van der Waals surface area contributed by atoms with Crippen molar-refractivity contribution in [3.8, 4) is 5.75 Å². The van der Waals surface area contributed by atoms with Gasteiger partial charge in [-0.3, -0.25) is 4.90 Å². The fraction of sp³-hybridized carbons (Fsp3) is 0.368. The van der Waals surface area contributed by atoms with Crippen LogP contribution in [-0.2, 0) is 11.2 Å². The second kappa shape index (κ2) is 9.08. The number of ether oxygens (including phenoxy) is 2. The third-order valence-corrected chi connectivity index (χ3v) is 4.20. The molecule has 25 heavy (non-hydrogen) atoms. The average Bonchev–Trinajstić information content (AvgIpc) is 2.65. The SMILES string of the molecule is [N-]=[N+]=Nc1cc(Cc2ccccc2)ccc1OCCN1CCOCC1. The van der Waals surface area contributed by atoms with E-state index >= 15 is 0 Å². The van der Waals surface area contributed by atoms with Crippen molar-refractivity contribution in [3.63, 3.8) is 0 Å². The summed E-state index contributed by atoms with van der Waals surface area (Å²) < 4.78 is 11.2. The molecule has 1 aliphatic rings. The van der Waals surface area contributed by atoms with Gasteiger partial charge < -0.3 is 9.47 Å². The topological polar surface area (TPSA) is 70.5 Å². The molecule has 1 saturated heterocycles. The van der Waals surface area contributed by atoms with Gasteiger partial charge in [0.05, 0.1) is 18.9 Å². The molecular weight excluding hydrogens is 316 g/mol. The molecule has 2 aromatic carbocycles. The van der Waals surface area contributed by atoms with Gasteiger partial charge in [-0.2, -0.15) is 0 Å². The van der Waals surface area contributed by atoms with Gasteiger partial charge in [0.2, 0.25) is 0 Å². The zero-order chi connectivity index (χ0) is 17.3. The number of benzene rings is 2. The van der Waals surface area contributed by atoms with Crippen molar-refractivity contribution in [2.24, 2.45) is 5.11 Å². The second-order valence-electron chi connectivity index (χ2n) is 5.96. The highest BCUT2D eigenvalue weighted by Crippen LogP contribution is 2.30. The maximum absolute atomic E-state index is 8.83. The molecular formula is C19H22N4O2. The van der Waals surface area contributed by atoms with Crippen molar-refractivity contribution in [1.29, 1.82) is 0 Å². The van der Waals surface area contributed by atoms with Crippen LogP contribution in [0.1, 0.15) is 11.1 Å². The largest absolute Gasteiger partial charge is 0.492 e. The number of azide groups is 1. The Balaban J connectivity index is 1.63. The van der Waals surface area contributed by atoms with Crippen LogP contribution in [0.2, 0.25) is 0 Å². The summed E-state index contributed by atoms with van der Waals surface area (Å²) in [5.74, 6) is 0.628. The van der Waals surface area contributed by atoms with Crippen LogP contribution in [0.5, 0.6) is 5.75 Å². The lowest BCUT2D eigenvalue weighted by Crippen LogP contribution is -2.38. The molecule has 0 N–H and O–H groups in total. The Morgan fingerprint density at radius 1 is 1.08 bits per heavy atom. The lowest BCUT2D eigenvalue weighted by molar-refractivity contribution is 0.0323. The van der Waals surface area contributed by atoms with Gasteiger partial charge in [-0.15, -0.1) is 0 Å². The zero-order valence-corrected chi connectivity index (χ0v) is 14.2. The minimum atomic E-state index is 0.540. The van der Waals surface area contributed by atoms with E-state index in [4.69, 9.17) is 15.0 Å². The Kier molecular flexibility index (Phi) is 6.29. The van der Waals surface area contributed by atoms with E-state index in [-0.39, 0.29) is 0 Å². The van der Waals surface area contributed by atoms with Crippen LogP contribution in [0.3, 0.4) is 0 Å². The third-order valence-electron chi connectivity index (χ3n) is 4.20. The molecule has 0 saturated carbocycles. The summed E-state index contributed by atoms with van der Waals surface area (Å²) in [7, 11) is 0. The molecule has 0 aromatic heterocycles. The van der Waals surface area contributed by atoms with Crippen molar-refractivity contribution < 1.29 is 9.47 Å². The molecule has 130 valence electrons. The van der Waals surface area contributed by atoms with Crippen LogP contribution >= 0.6 is 0 Å². The van der Waals surface area contributed by atoms with Crippen molar-refractivity contribution >= 4 is 5.69 Å². The molecule has 0 aliphatic carbocycles. The number of rotatable bonds is 7. The van der Waals surface area contributed by atoms with E-state index in [0.29, 0.717) is 18.0 Å². The maximum atomic E-state index is 8.83. The number of nitrogens with zero attached hydrogens (tertiary/aromatic N) is 4. The molecule has 0 spiro atoms. The van der Waals surface area contributed by atoms with Gasteiger partial charge >= 0.3 is 0 Å². The van der Waals surface area contributed by atoms with Gasteiger partial charge in [0.15, 0.2) is 0 Å². The summed E-state index contributed by atoms with van der Waals surface area (Å²) in [6, 6.07) is 16.0. The van der Waals surface area contributed by atoms with Gasteiger partial charge in [0, 0.05) is 24.5 Å². The van der Waals surface area contributed by atoms with E-state index in [1.165, 1.54) is 5.56 Å². The Hall–Kier alpha value is -2.53. The molecule has 0 radical (unpaired) electrons.